The van der Waals surface area contributed by atoms with Crippen LogP contribution in [0.25, 0.3) is 0 Å². The SMILES string of the molecule is C=C(Cl)CN1CC(OC[C@@]23C[C@@H]4[C@H](C)CC[C@H]4[C@@]4(C=O)C[C@@H]2C=C(C(C)C)[C@@]34C(=O)O)OCC1C. The predicted molar refractivity (Wildman–Crippen MR) is 134 cm³/mol. The van der Waals surface area contributed by atoms with Gasteiger partial charge in [-0.05, 0) is 55.8 Å². The molecular formula is C28H40ClNO5. The van der Waals surface area contributed by atoms with E-state index in [2.05, 4.69) is 45.2 Å². The number of aliphatic carboxylic acids is 1. The Morgan fingerprint density at radius 3 is 2.74 bits per heavy atom. The fourth-order valence-corrected chi connectivity index (χ4v) is 9.35. The van der Waals surface area contributed by atoms with Crippen LogP contribution in [0.15, 0.2) is 23.3 Å². The Kier molecular flexibility index (Phi) is 6.31. The van der Waals surface area contributed by atoms with Gasteiger partial charge in [0.05, 0.1) is 25.2 Å². The second-order valence-electron chi connectivity index (χ2n) is 12.4. The minimum absolute atomic E-state index is 0.0280. The maximum Gasteiger partial charge on any atom is 0.315 e. The summed E-state index contributed by atoms with van der Waals surface area (Å²) >= 11 is 6.09. The number of ether oxygens (including phenoxy) is 2. The number of morpholine rings is 1. The molecule has 5 rings (SSSR count). The molecule has 6 nitrogen and oxygen atoms in total. The molecule has 0 spiro atoms. The zero-order valence-electron chi connectivity index (χ0n) is 21.5. The van der Waals surface area contributed by atoms with Gasteiger partial charge in [-0.2, -0.15) is 0 Å². The number of allylic oxidation sites excluding steroid dienone is 1. The molecule has 3 saturated carbocycles. The summed E-state index contributed by atoms with van der Waals surface area (Å²) in [6.07, 6.45) is 6.23. The Balaban J connectivity index is 1.52. The fraction of sp³-hybridized carbons (Fsp3) is 0.786. The van der Waals surface area contributed by atoms with Crippen molar-refractivity contribution >= 4 is 23.9 Å². The first-order valence-electron chi connectivity index (χ1n) is 13.3. The average Bonchev–Trinajstić information content (AvgIpc) is 3.36. The lowest BCUT2D eigenvalue weighted by atomic mass is 9.43. The molecule has 4 aliphatic carbocycles. The first kappa shape index (κ1) is 25.4. The summed E-state index contributed by atoms with van der Waals surface area (Å²) in [6.45, 7) is 14.3. The quantitative estimate of drug-likeness (QED) is 0.380. The first-order chi connectivity index (χ1) is 16.5. The summed E-state index contributed by atoms with van der Waals surface area (Å²) in [5.74, 6) is 0.210. The number of carbonyl (C=O) groups excluding carboxylic acids is 1. The number of rotatable bonds is 8. The highest BCUT2D eigenvalue weighted by Gasteiger charge is 2.84. The van der Waals surface area contributed by atoms with Crippen molar-refractivity contribution in [1.82, 2.24) is 4.90 Å². The van der Waals surface area contributed by atoms with Crippen molar-refractivity contribution in [3.8, 4) is 0 Å². The molecule has 4 fully saturated rings. The number of carbonyl (C=O) groups is 2. The van der Waals surface area contributed by atoms with E-state index >= 15 is 0 Å². The number of halogens is 1. The number of nitrogens with zero attached hydrogens (tertiary/aromatic N) is 1. The summed E-state index contributed by atoms with van der Waals surface area (Å²) in [5.41, 5.74) is -1.77. The smallest absolute Gasteiger partial charge is 0.315 e. The lowest BCUT2D eigenvalue weighted by molar-refractivity contribution is -0.227. The van der Waals surface area contributed by atoms with Crippen molar-refractivity contribution in [2.75, 3.05) is 26.3 Å². The summed E-state index contributed by atoms with van der Waals surface area (Å²) in [5, 5.41) is 11.6. The zero-order chi connectivity index (χ0) is 25.3. The summed E-state index contributed by atoms with van der Waals surface area (Å²) in [4.78, 5) is 28.8. The van der Waals surface area contributed by atoms with Crippen molar-refractivity contribution in [2.45, 2.75) is 65.7 Å². The van der Waals surface area contributed by atoms with Crippen LogP contribution in [-0.4, -0.2) is 60.9 Å². The Morgan fingerprint density at radius 2 is 2.11 bits per heavy atom. The van der Waals surface area contributed by atoms with Gasteiger partial charge in [-0.1, -0.05) is 57.0 Å². The maximum absolute atomic E-state index is 13.5. The molecule has 35 heavy (non-hydrogen) atoms. The normalized spacial score (nSPS) is 46.5. The highest BCUT2D eigenvalue weighted by molar-refractivity contribution is 6.29. The third-order valence-corrected chi connectivity index (χ3v) is 10.7. The average molecular weight is 506 g/mol. The van der Waals surface area contributed by atoms with E-state index in [4.69, 9.17) is 21.1 Å². The molecule has 0 aromatic heterocycles. The molecule has 0 amide bonds. The molecule has 1 aliphatic heterocycles. The van der Waals surface area contributed by atoms with E-state index in [1.165, 1.54) is 0 Å². The molecule has 9 atom stereocenters. The number of aldehydes is 1. The number of hydrogen-bond donors (Lipinski definition) is 1. The zero-order valence-corrected chi connectivity index (χ0v) is 22.2. The molecule has 2 unspecified atom stereocenters. The topological polar surface area (TPSA) is 76.1 Å². The van der Waals surface area contributed by atoms with E-state index in [1.54, 1.807) is 0 Å². The molecule has 1 saturated heterocycles. The molecule has 1 heterocycles. The molecular weight excluding hydrogens is 466 g/mol. The van der Waals surface area contributed by atoms with Gasteiger partial charge in [0.1, 0.15) is 11.7 Å². The monoisotopic (exact) mass is 505 g/mol. The third kappa shape index (κ3) is 3.25. The predicted octanol–water partition coefficient (Wildman–Crippen LogP) is 4.73. The van der Waals surface area contributed by atoms with Gasteiger partial charge in [0.25, 0.3) is 0 Å². The van der Waals surface area contributed by atoms with E-state index in [0.717, 1.165) is 31.1 Å². The van der Waals surface area contributed by atoms with Gasteiger partial charge in [0.15, 0.2) is 6.29 Å². The summed E-state index contributed by atoms with van der Waals surface area (Å²) < 4.78 is 12.6. The van der Waals surface area contributed by atoms with Crippen LogP contribution in [-0.2, 0) is 19.1 Å². The number of carboxylic acids is 1. The lowest BCUT2D eigenvalue weighted by Gasteiger charge is -2.58. The van der Waals surface area contributed by atoms with Crippen LogP contribution in [0.1, 0.15) is 53.4 Å². The second kappa shape index (κ2) is 8.68. The Hall–Kier alpha value is -1.21. The molecule has 4 bridgehead atoms. The first-order valence-corrected chi connectivity index (χ1v) is 13.6. The Labute approximate surface area is 214 Å². The number of hydrogen-bond acceptors (Lipinski definition) is 5. The van der Waals surface area contributed by atoms with Crippen molar-refractivity contribution < 1.29 is 24.2 Å². The number of carboxylic acid groups (broad SMARTS) is 1. The van der Waals surface area contributed by atoms with E-state index in [-0.39, 0.29) is 30.4 Å². The van der Waals surface area contributed by atoms with Crippen LogP contribution in [0.5, 0.6) is 0 Å². The van der Waals surface area contributed by atoms with Crippen molar-refractivity contribution in [1.29, 1.82) is 0 Å². The summed E-state index contributed by atoms with van der Waals surface area (Å²) in [6, 6.07) is 0.197. The van der Waals surface area contributed by atoms with Gasteiger partial charge < -0.3 is 19.4 Å². The minimum Gasteiger partial charge on any atom is -0.481 e. The van der Waals surface area contributed by atoms with Gasteiger partial charge in [0, 0.05) is 23.0 Å². The second-order valence-corrected chi connectivity index (χ2v) is 12.9. The molecule has 5 aliphatic rings. The van der Waals surface area contributed by atoms with E-state index in [9.17, 15) is 14.7 Å². The molecule has 0 aromatic carbocycles. The van der Waals surface area contributed by atoms with Crippen LogP contribution in [0.4, 0.5) is 0 Å². The highest BCUT2D eigenvalue weighted by Crippen LogP contribution is 2.82. The lowest BCUT2D eigenvalue weighted by Crippen LogP contribution is -2.64. The van der Waals surface area contributed by atoms with E-state index in [0.29, 0.717) is 43.0 Å². The van der Waals surface area contributed by atoms with Gasteiger partial charge in [-0.15, -0.1) is 0 Å². The fourth-order valence-electron chi connectivity index (χ4n) is 9.19. The largest absolute Gasteiger partial charge is 0.481 e. The van der Waals surface area contributed by atoms with Crippen molar-refractivity contribution in [3.63, 3.8) is 0 Å². The Bertz CT molecular complexity index is 950. The molecule has 1 N–H and O–H groups in total. The minimum atomic E-state index is -1.21. The van der Waals surface area contributed by atoms with Gasteiger partial charge in [-0.25, -0.2) is 0 Å². The standard InChI is InChI=1S/C28H40ClNO5/c1-16(2)23-8-20-9-26(14-31)22-7-6-17(3)21(22)10-27(20,28(23,26)25(32)33)15-35-24-12-30(11-18(4)29)19(5)13-34-24/h8,14,16-17,19-22,24H,4,6-7,9-13,15H2,1-3,5H3,(H,32,33)/t17-,19?,20+,21-,22-,24?,26+,27+,28+/m1/s1. The van der Waals surface area contributed by atoms with E-state index < -0.39 is 28.5 Å². The maximum atomic E-state index is 13.5. The Morgan fingerprint density at radius 1 is 1.37 bits per heavy atom. The number of fused-ring (bicyclic) bond motifs is 2. The third-order valence-electron chi connectivity index (χ3n) is 10.6. The molecule has 7 heteroatoms. The highest BCUT2D eigenvalue weighted by atomic mass is 35.5. The van der Waals surface area contributed by atoms with Crippen LogP contribution in [0.3, 0.4) is 0 Å². The van der Waals surface area contributed by atoms with Crippen molar-refractivity contribution in [3.05, 3.63) is 23.3 Å². The van der Waals surface area contributed by atoms with Crippen LogP contribution < -0.4 is 0 Å². The summed E-state index contributed by atoms with van der Waals surface area (Å²) in [7, 11) is 0. The van der Waals surface area contributed by atoms with Crippen molar-refractivity contribution in [2.24, 2.45) is 45.8 Å². The van der Waals surface area contributed by atoms with Gasteiger partial charge >= 0.3 is 5.97 Å². The molecule has 0 radical (unpaired) electrons. The molecule has 194 valence electrons. The van der Waals surface area contributed by atoms with Crippen LogP contribution in [0.2, 0.25) is 0 Å². The molecule has 0 aromatic rings. The van der Waals surface area contributed by atoms with E-state index in [1.807, 2.05) is 0 Å². The van der Waals surface area contributed by atoms with Crippen LogP contribution >= 0.6 is 11.6 Å². The van der Waals surface area contributed by atoms with Crippen LogP contribution in [0, 0.1) is 45.8 Å². The van der Waals surface area contributed by atoms with Gasteiger partial charge in [-0.3, -0.25) is 9.69 Å². The van der Waals surface area contributed by atoms with Gasteiger partial charge in [0.2, 0.25) is 0 Å².